The van der Waals surface area contributed by atoms with Gasteiger partial charge in [0.05, 0.1) is 0 Å². The van der Waals surface area contributed by atoms with Crippen LogP contribution >= 0.6 is 0 Å². The Morgan fingerprint density at radius 3 is 2.67 bits per heavy atom. The first kappa shape index (κ1) is 16.2. The van der Waals surface area contributed by atoms with E-state index in [0.717, 1.165) is 12.1 Å². The Morgan fingerprint density at radius 2 is 1.92 bits per heavy atom. The Balaban J connectivity index is 1.78. The van der Waals surface area contributed by atoms with Crippen LogP contribution in [0.4, 0.5) is 11.4 Å². The highest BCUT2D eigenvalue weighted by Gasteiger charge is 2.32. The highest BCUT2D eigenvalue weighted by molar-refractivity contribution is 5.99. The summed E-state index contributed by atoms with van der Waals surface area (Å²) in [4.78, 5) is 26.4. The molecule has 0 unspecified atom stereocenters. The lowest BCUT2D eigenvalue weighted by atomic mass is 10.1. The number of fused-ring (bicyclic) bond motifs is 1. The predicted octanol–water partition coefficient (Wildman–Crippen LogP) is 3.67. The van der Waals surface area contributed by atoms with Crippen molar-refractivity contribution < 1.29 is 9.59 Å². The van der Waals surface area contributed by atoms with Crippen molar-refractivity contribution in [2.24, 2.45) is 0 Å². The van der Waals surface area contributed by atoms with Crippen LogP contribution < -0.4 is 10.2 Å². The quantitative estimate of drug-likeness (QED) is 0.874. The molecule has 2 aromatic rings. The topological polar surface area (TPSA) is 49.4 Å². The summed E-state index contributed by atoms with van der Waals surface area (Å²) >= 11 is 0. The van der Waals surface area contributed by atoms with Crippen LogP contribution in [0.2, 0.25) is 0 Å². The second-order valence-electron chi connectivity index (χ2n) is 6.39. The number of benzene rings is 2. The third-order valence-electron chi connectivity index (χ3n) is 4.59. The second-order valence-corrected chi connectivity index (χ2v) is 6.39. The summed E-state index contributed by atoms with van der Waals surface area (Å²) in [5.74, 6) is -0.0829. The number of Topliss-reactive ketones (excluding diaryl/α,β-unsaturated/α-hetero) is 1. The number of rotatable bonds is 4. The van der Waals surface area contributed by atoms with E-state index in [2.05, 4.69) is 29.3 Å². The largest absolute Gasteiger partial charge is 0.357 e. The van der Waals surface area contributed by atoms with E-state index in [1.165, 1.54) is 12.5 Å². The Bertz CT molecular complexity index is 785. The van der Waals surface area contributed by atoms with Crippen LogP contribution in [-0.2, 0) is 11.2 Å². The number of anilines is 2. The summed E-state index contributed by atoms with van der Waals surface area (Å²) in [5.41, 5.74) is 3.66. The molecule has 3 rings (SSSR count). The minimum Gasteiger partial charge on any atom is -0.357 e. The summed E-state index contributed by atoms with van der Waals surface area (Å²) < 4.78 is 0. The van der Waals surface area contributed by atoms with Crippen molar-refractivity contribution in [3.63, 3.8) is 0 Å². The maximum absolute atomic E-state index is 12.7. The van der Waals surface area contributed by atoms with Gasteiger partial charge >= 0.3 is 0 Å². The summed E-state index contributed by atoms with van der Waals surface area (Å²) in [7, 11) is 0. The fourth-order valence-electron chi connectivity index (χ4n) is 3.37. The number of nitrogens with zero attached hydrogens (tertiary/aromatic N) is 1. The summed E-state index contributed by atoms with van der Waals surface area (Å²) in [6.45, 7) is 5.58. The Kier molecular flexibility index (Phi) is 4.38. The van der Waals surface area contributed by atoms with E-state index in [4.69, 9.17) is 0 Å². The van der Waals surface area contributed by atoms with Crippen molar-refractivity contribution in [2.75, 3.05) is 10.2 Å². The highest BCUT2D eigenvalue weighted by atomic mass is 16.2. The zero-order chi connectivity index (χ0) is 17.3. The molecule has 2 atom stereocenters. The van der Waals surface area contributed by atoms with E-state index in [-0.39, 0.29) is 23.8 Å². The minimum absolute atomic E-state index is 0.0127. The number of hydrogen-bond donors (Lipinski definition) is 1. The van der Waals surface area contributed by atoms with Crippen molar-refractivity contribution in [2.45, 2.75) is 39.3 Å². The fraction of sp³-hybridized carbons (Fsp3) is 0.300. The molecule has 0 aromatic heterocycles. The lowest BCUT2D eigenvalue weighted by Gasteiger charge is -2.30. The monoisotopic (exact) mass is 322 g/mol. The Labute approximate surface area is 142 Å². The van der Waals surface area contributed by atoms with Crippen molar-refractivity contribution in [1.82, 2.24) is 0 Å². The number of amides is 1. The van der Waals surface area contributed by atoms with Gasteiger partial charge in [-0.2, -0.15) is 0 Å². The Hall–Kier alpha value is -2.62. The van der Waals surface area contributed by atoms with Gasteiger partial charge in [-0.1, -0.05) is 30.3 Å². The van der Waals surface area contributed by atoms with Crippen LogP contribution in [-0.4, -0.2) is 23.8 Å². The fourth-order valence-corrected chi connectivity index (χ4v) is 3.37. The number of carbonyl (C=O) groups is 2. The molecule has 0 radical (unpaired) electrons. The van der Waals surface area contributed by atoms with E-state index in [1.54, 1.807) is 24.3 Å². The molecule has 0 saturated carbocycles. The number of para-hydroxylation sites is 1. The maximum atomic E-state index is 12.7. The SMILES string of the molecule is CC(=O)c1cccc(NC(=O)[C@@H](C)N2c3ccccc3C[C@@H]2C)c1. The van der Waals surface area contributed by atoms with Gasteiger partial charge in [0.2, 0.25) is 5.91 Å². The van der Waals surface area contributed by atoms with Crippen molar-refractivity contribution >= 4 is 23.1 Å². The van der Waals surface area contributed by atoms with E-state index in [9.17, 15) is 9.59 Å². The molecule has 1 N–H and O–H groups in total. The average Bonchev–Trinajstić information content (AvgIpc) is 2.90. The smallest absolute Gasteiger partial charge is 0.246 e. The first-order valence-electron chi connectivity index (χ1n) is 8.25. The molecular weight excluding hydrogens is 300 g/mol. The average molecular weight is 322 g/mol. The molecule has 1 aliphatic rings. The van der Waals surface area contributed by atoms with Crippen LogP contribution in [0, 0.1) is 0 Å². The van der Waals surface area contributed by atoms with Gasteiger partial charge in [-0.25, -0.2) is 0 Å². The van der Waals surface area contributed by atoms with Gasteiger partial charge in [-0.05, 0) is 51.0 Å². The van der Waals surface area contributed by atoms with Gasteiger partial charge in [0.15, 0.2) is 5.78 Å². The summed E-state index contributed by atoms with van der Waals surface area (Å²) in [6, 6.07) is 15.3. The molecule has 24 heavy (non-hydrogen) atoms. The van der Waals surface area contributed by atoms with Crippen LogP contribution in [0.3, 0.4) is 0 Å². The van der Waals surface area contributed by atoms with Crippen LogP contribution in [0.25, 0.3) is 0 Å². The molecule has 0 bridgehead atoms. The van der Waals surface area contributed by atoms with E-state index >= 15 is 0 Å². The molecule has 4 heteroatoms. The number of hydrogen-bond acceptors (Lipinski definition) is 3. The molecule has 1 heterocycles. The number of nitrogens with one attached hydrogen (secondary N) is 1. The minimum atomic E-state index is -0.287. The third-order valence-corrected chi connectivity index (χ3v) is 4.59. The van der Waals surface area contributed by atoms with Crippen LogP contribution in [0.1, 0.15) is 36.7 Å². The van der Waals surface area contributed by atoms with E-state index in [0.29, 0.717) is 11.3 Å². The molecule has 124 valence electrons. The van der Waals surface area contributed by atoms with Gasteiger partial charge in [0, 0.05) is 23.0 Å². The number of carbonyl (C=O) groups excluding carboxylic acids is 2. The van der Waals surface area contributed by atoms with Crippen LogP contribution in [0.15, 0.2) is 48.5 Å². The molecular formula is C20H22N2O2. The summed E-state index contributed by atoms with van der Waals surface area (Å²) in [5, 5.41) is 2.93. The Morgan fingerprint density at radius 1 is 1.17 bits per heavy atom. The molecule has 1 aliphatic heterocycles. The maximum Gasteiger partial charge on any atom is 0.246 e. The zero-order valence-corrected chi connectivity index (χ0v) is 14.2. The zero-order valence-electron chi connectivity index (χ0n) is 14.2. The lowest BCUT2D eigenvalue weighted by molar-refractivity contribution is -0.117. The lowest BCUT2D eigenvalue weighted by Crippen LogP contribution is -2.45. The predicted molar refractivity (Wildman–Crippen MR) is 96.6 cm³/mol. The van der Waals surface area contributed by atoms with Gasteiger partial charge in [0.25, 0.3) is 0 Å². The van der Waals surface area contributed by atoms with E-state index in [1.807, 2.05) is 19.1 Å². The second kappa shape index (κ2) is 6.48. The molecule has 1 amide bonds. The van der Waals surface area contributed by atoms with Gasteiger partial charge in [0.1, 0.15) is 6.04 Å². The summed E-state index contributed by atoms with van der Waals surface area (Å²) in [6.07, 6.45) is 0.952. The molecule has 0 aliphatic carbocycles. The molecule has 0 fully saturated rings. The molecule has 4 nitrogen and oxygen atoms in total. The first-order valence-corrected chi connectivity index (χ1v) is 8.25. The van der Waals surface area contributed by atoms with Crippen molar-refractivity contribution in [1.29, 1.82) is 0 Å². The molecule has 0 saturated heterocycles. The van der Waals surface area contributed by atoms with Crippen molar-refractivity contribution in [3.05, 3.63) is 59.7 Å². The van der Waals surface area contributed by atoms with Gasteiger partial charge < -0.3 is 10.2 Å². The first-order chi connectivity index (χ1) is 11.5. The van der Waals surface area contributed by atoms with Crippen molar-refractivity contribution in [3.8, 4) is 0 Å². The van der Waals surface area contributed by atoms with E-state index < -0.39 is 0 Å². The van der Waals surface area contributed by atoms with Gasteiger partial charge in [-0.15, -0.1) is 0 Å². The van der Waals surface area contributed by atoms with Crippen LogP contribution in [0.5, 0.6) is 0 Å². The standard InChI is InChI=1S/C20H22N2O2/c1-13-11-17-7-4-5-10-19(17)22(13)14(2)20(24)21-18-9-6-8-16(12-18)15(3)23/h4-10,12-14H,11H2,1-3H3,(H,21,24)/t13-,14+/m0/s1. The number of ketones is 1. The van der Waals surface area contributed by atoms with Gasteiger partial charge in [-0.3, -0.25) is 9.59 Å². The molecule has 0 spiro atoms. The normalized spacial score (nSPS) is 17.3. The highest BCUT2D eigenvalue weighted by Crippen LogP contribution is 2.33. The molecule has 2 aromatic carbocycles. The third kappa shape index (κ3) is 3.04.